The van der Waals surface area contributed by atoms with Gasteiger partial charge in [-0.1, -0.05) is 23.7 Å². The van der Waals surface area contributed by atoms with Crippen LogP contribution in [0.15, 0.2) is 24.3 Å². The van der Waals surface area contributed by atoms with Crippen molar-refractivity contribution in [1.29, 1.82) is 0 Å². The highest BCUT2D eigenvalue weighted by molar-refractivity contribution is 7.85. The summed E-state index contributed by atoms with van der Waals surface area (Å²) >= 11 is 0. The lowest BCUT2D eigenvalue weighted by atomic mass is 9.94. The lowest BCUT2D eigenvalue weighted by Crippen LogP contribution is -2.39. The highest BCUT2D eigenvalue weighted by Crippen LogP contribution is 2.24. The van der Waals surface area contributed by atoms with Crippen molar-refractivity contribution in [3.63, 3.8) is 0 Å². The molecule has 0 aliphatic carbocycles. The smallest absolute Gasteiger partial charge is 0.426 e. The van der Waals surface area contributed by atoms with Crippen molar-refractivity contribution in [3.8, 4) is 0 Å². The molecular weight excluding hydrogens is 368 g/mol. The summed E-state index contributed by atoms with van der Waals surface area (Å²) in [5, 5.41) is 0. The Morgan fingerprint density at radius 1 is 1.28 bits per heavy atom. The van der Waals surface area contributed by atoms with Crippen LogP contribution in [0.25, 0.3) is 0 Å². The first-order valence-corrected chi connectivity index (χ1v) is 8.23. The molecule has 0 aliphatic heterocycles. The molecule has 0 saturated carbocycles. The molecule has 7 nitrogen and oxygen atoms in total. The van der Waals surface area contributed by atoms with E-state index in [1.54, 1.807) is 0 Å². The molecule has 1 rings (SSSR count). The molecule has 0 bridgehead atoms. The molecule has 1 atom stereocenters. The molecule has 0 aromatic heterocycles. The Bertz CT molecular complexity index is 733. The molecule has 0 amide bonds. The number of esters is 2. The van der Waals surface area contributed by atoms with E-state index in [2.05, 4.69) is 9.47 Å². The summed E-state index contributed by atoms with van der Waals surface area (Å²) in [5.74, 6) is -4.14. The van der Waals surface area contributed by atoms with Crippen LogP contribution < -0.4 is 5.46 Å². The molecule has 1 N–H and O–H groups in total. The Morgan fingerprint density at radius 3 is 2.44 bits per heavy atom. The average molecular weight is 380 g/mol. The Kier molecular flexibility index (Phi) is 7.00. The van der Waals surface area contributed by atoms with E-state index in [1.165, 1.54) is 24.3 Å². The fourth-order valence-corrected chi connectivity index (χ4v) is 2.22. The maximum absolute atomic E-state index is 12.6. The Morgan fingerprint density at radius 2 is 1.92 bits per heavy atom. The van der Waals surface area contributed by atoms with Crippen LogP contribution in [0.3, 0.4) is 0 Å². The topological polar surface area (TPSA) is 107 Å². The van der Waals surface area contributed by atoms with Crippen molar-refractivity contribution in [2.45, 2.75) is 18.7 Å². The first-order chi connectivity index (χ1) is 11.4. The molecule has 0 aliphatic rings. The van der Waals surface area contributed by atoms with E-state index in [1.807, 2.05) is 0 Å². The molecule has 1 unspecified atom stereocenters. The van der Waals surface area contributed by atoms with E-state index in [-0.39, 0.29) is 11.0 Å². The summed E-state index contributed by atoms with van der Waals surface area (Å²) in [6.45, 7) is -0.594. The van der Waals surface area contributed by atoms with Gasteiger partial charge in [-0.15, -0.1) is 0 Å². The number of carbonyl (C=O) groups excluding carboxylic acids is 2. The van der Waals surface area contributed by atoms with E-state index in [4.69, 9.17) is 12.4 Å². The molecule has 136 valence electrons. The number of carbonyl (C=O) groups is 2. The van der Waals surface area contributed by atoms with Crippen LogP contribution >= 0.6 is 0 Å². The third-order valence-electron chi connectivity index (χ3n) is 2.66. The Labute approximate surface area is 142 Å². The quantitative estimate of drug-likeness (QED) is 0.414. The molecule has 1 aromatic carbocycles. The van der Waals surface area contributed by atoms with Crippen molar-refractivity contribution >= 4 is 35.4 Å². The number of alkyl halides is 3. The van der Waals surface area contributed by atoms with Crippen LogP contribution in [0.1, 0.15) is 16.8 Å². The second-order valence-corrected chi connectivity index (χ2v) is 6.28. The van der Waals surface area contributed by atoms with Crippen molar-refractivity contribution < 1.29 is 45.2 Å². The maximum atomic E-state index is 12.6. The average Bonchev–Trinajstić information content (AvgIpc) is 2.44. The largest absolute Gasteiger partial charge is 0.461 e. The predicted octanol–water partition coefficient (Wildman–Crippen LogP) is 0.389. The van der Waals surface area contributed by atoms with E-state index >= 15 is 0 Å². The normalized spacial score (nSPS) is 13.1. The number of rotatable bonds is 7. The number of ether oxygens (including phenoxy) is 2. The van der Waals surface area contributed by atoms with Gasteiger partial charge in [-0.3, -0.25) is 9.35 Å². The van der Waals surface area contributed by atoms with Crippen molar-refractivity contribution in [2.24, 2.45) is 0 Å². The number of halogens is 3. The number of benzene rings is 1. The Balaban J connectivity index is 2.54. The van der Waals surface area contributed by atoms with Gasteiger partial charge in [-0.25, -0.2) is 4.79 Å². The van der Waals surface area contributed by atoms with Gasteiger partial charge in [0.15, 0.2) is 0 Å². The van der Waals surface area contributed by atoms with E-state index in [9.17, 15) is 31.2 Å². The monoisotopic (exact) mass is 380 g/mol. The summed E-state index contributed by atoms with van der Waals surface area (Å²) < 4.78 is 75.9. The number of hydrogen-bond acceptors (Lipinski definition) is 6. The summed E-state index contributed by atoms with van der Waals surface area (Å²) in [6.07, 6.45) is -8.96. The fraction of sp³-hybridized carbons (Fsp3) is 0.385. The third-order valence-corrected chi connectivity index (χ3v) is 3.39. The third kappa shape index (κ3) is 8.03. The van der Waals surface area contributed by atoms with Gasteiger partial charge >= 0.3 is 18.1 Å². The molecule has 1 aromatic rings. The molecule has 12 heteroatoms. The minimum absolute atomic E-state index is 0.0768. The van der Waals surface area contributed by atoms with Gasteiger partial charge in [0.1, 0.15) is 20.2 Å². The second kappa shape index (κ2) is 8.34. The predicted molar refractivity (Wildman–Crippen MR) is 79.1 cm³/mol. The lowest BCUT2D eigenvalue weighted by molar-refractivity contribution is -0.215. The minimum Gasteiger partial charge on any atom is -0.461 e. The highest BCUT2D eigenvalue weighted by atomic mass is 32.2. The SMILES string of the molecule is [B]c1cccc(C(=O)OCCC(=O)OC(CS(=O)(=O)O)C(F)(F)F)c1. The lowest BCUT2D eigenvalue weighted by Gasteiger charge is -2.19. The zero-order valence-electron chi connectivity index (χ0n) is 12.5. The van der Waals surface area contributed by atoms with Gasteiger partial charge in [0.05, 0.1) is 12.0 Å². The number of hydrogen-bond donors (Lipinski definition) is 1. The van der Waals surface area contributed by atoms with Crippen LogP contribution in [0.2, 0.25) is 0 Å². The van der Waals surface area contributed by atoms with Crippen LogP contribution in [-0.4, -0.2) is 57.4 Å². The van der Waals surface area contributed by atoms with E-state index in [0.717, 1.165) is 0 Å². The van der Waals surface area contributed by atoms with Crippen molar-refractivity contribution in [1.82, 2.24) is 0 Å². The Hall–Kier alpha value is -2.08. The molecular formula is C13H12BF3O7S. The first kappa shape index (κ1) is 21.0. The van der Waals surface area contributed by atoms with E-state index in [0.29, 0.717) is 0 Å². The van der Waals surface area contributed by atoms with Crippen LogP contribution in [-0.2, 0) is 24.4 Å². The zero-order chi connectivity index (χ0) is 19.3. The van der Waals surface area contributed by atoms with Crippen molar-refractivity contribution in [3.05, 3.63) is 29.8 Å². The molecule has 0 spiro atoms. The highest BCUT2D eigenvalue weighted by Gasteiger charge is 2.45. The van der Waals surface area contributed by atoms with E-state index < -0.39 is 53.1 Å². The minimum atomic E-state index is -5.19. The molecule has 2 radical (unpaired) electrons. The summed E-state index contributed by atoms with van der Waals surface area (Å²) in [5.41, 5.74) is 0.361. The van der Waals surface area contributed by atoms with Crippen LogP contribution in [0.4, 0.5) is 13.2 Å². The second-order valence-electron chi connectivity index (χ2n) is 4.78. The van der Waals surface area contributed by atoms with Gasteiger partial charge in [0.2, 0.25) is 6.10 Å². The van der Waals surface area contributed by atoms with Crippen molar-refractivity contribution in [2.75, 3.05) is 12.4 Å². The van der Waals surface area contributed by atoms with Gasteiger partial charge in [-0.05, 0) is 6.07 Å². The molecule has 0 heterocycles. The molecule has 25 heavy (non-hydrogen) atoms. The first-order valence-electron chi connectivity index (χ1n) is 6.62. The van der Waals surface area contributed by atoms with Gasteiger partial charge in [-0.2, -0.15) is 21.6 Å². The maximum Gasteiger partial charge on any atom is 0.426 e. The van der Waals surface area contributed by atoms with Crippen LogP contribution in [0.5, 0.6) is 0 Å². The summed E-state index contributed by atoms with van der Waals surface area (Å²) in [6, 6.07) is 5.67. The molecule has 0 saturated heterocycles. The zero-order valence-corrected chi connectivity index (χ0v) is 13.3. The van der Waals surface area contributed by atoms with Gasteiger partial charge in [0, 0.05) is 0 Å². The van der Waals surface area contributed by atoms with Crippen LogP contribution in [0, 0.1) is 0 Å². The standard InChI is InChI=1S/C13H12BF3O7S/c14-9-3-1-2-8(6-9)12(19)23-5-4-11(18)24-10(13(15,16)17)7-25(20,21)22/h1-3,6,10H,4-5,7H2,(H,20,21,22). The summed E-state index contributed by atoms with van der Waals surface area (Å²) in [4.78, 5) is 23.0. The van der Waals surface area contributed by atoms with Gasteiger partial charge < -0.3 is 9.47 Å². The van der Waals surface area contributed by atoms with Gasteiger partial charge in [0.25, 0.3) is 10.1 Å². The summed E-state index contributed by atoms with van der Waals surface area (Å²) in [7, 11) is 0.441. The molecule has 0 fully saturated rings. The fourth-order valence-electron chi connectivity index (χ4n) is 1.58.